The molecule has 0 unspecified atom stereocenters. The molecule has 0 N–H and O–H groups in total. The fraction of sp³-hybridized carbons (Fsp3) is 0.481. The summed E-state index contributed by atoms with van der Waals surface area (Å²) in [5.74, 6) is 1.90. The second-order valence-corrected chi connectivity index (χ2v) is 8.48. The molecule has 1 aliphatic rings. The van der Waals surface area contributed by atoms with Crippen molar-refractivity contribution < 1.29 is 4.74 Å². The summed E-state index contributed by atoms with van der Waals surface area (Å²) in [5, 5.41) is 0. The van der Waals surface area contributed by atoms with E-state index in [4.69, 9.17) is 4.74 Å². The maximum absolute atomic E-state index is 5.19. The number of aryl methyl sites for hydroxylation is 1. The van der Waals surface area contributed by atoms with Crippen LogP contribution in [0.15, 0.2) is 61.2 Å². The lowest BCUT2D eigenvalue weighted by Crippen LogP contribution is -2.14. The van der Waals surface area contributed by atoms with Crippen LogP contribution in [0.5, 0.6) is 0 Å². The molecule has 0 bridgehead atoms. The van der Waals surface area contributed by atoms with Crippen LogP contribution in [0.4, 0.5) is 0 Å². The number of methoxy groups -OCH3 is 1. The van der Waals surface area contributed by atoms with Gasteiger partial charge in [-0.15, -0.1) is 6.58 Å². The lowest BCUT2D eigenvalue weighted by Gasteiger charge is -2.27. The van der Waals surface area contributed by atoms with Gasteiger partial charge in [0.05, 0.1) is 6.61 Å². The first-order chi connectivity index (χ1) is 13.8. The Morgan fingerprint density at radius 1 is 0.821 bits per heavy atom. The van der Waals surface area contributed by atoms with E-state index >= 15 is 0 Å². The molecule has 0 atom stereocenters. The molecular formula is C27H36O. The number of ether oxygens (including phenoxy) is 1. The van der Waals surface area contributed by atoms with E-state index in [0.29, 0.717) is 6.61 Å². The van der Waals surface area contributed by atoms with E-state index in [0.717, 1.165) is 11.8 Å². The largest absolute Gasteiger partial charge is 0.380 e. The molecule has 3 rings (SSSR count). The van der Waals surface area contributed by atoms with Crippen LogP contribution in [-0.2, 0) is 17.8 Å². The molecule has 0 radical (unpaired) electrons. The summed E-state index contributed by atoms with van der Waals surface area (Å²) in [4.78, 5) is 0. The number of allylic oxidation sites excluding steroid dienone is 1. The highest BCUT2D eigenvalue weighted by Gasteiger charge is 2.19. The summed E-state index contributed by atoms with van der Waals surface area (Å²) in [6.45, 7) is 4.57. The highest BCUT2D eigenvalue weighted by Crippen LogP contribution is 2.33. The minimum Gasteiger partial charge on any atom is -0.380 e. The molecule has 0 aliphatic heterocycles. The molecule has 2 aromatic rings. The first-order valence-electron chi connectivity index (χ1n) is 11.1. The molecule has 150 valence electrons. The van der Waals surface area contributed by atoms with E-state index in [2.05, 4.69) is 61.2 Å². The van der Waals surface area contributed by atoms with Crippen molar-refractivity contribution in [3.63, 3.8) is 0 Å². The molecule has 1 heteroatoms. The van der Waals surface area contributed by atoms with Crippen molar-refractivity contribution in [1.29, 1.82) is 0 Å². The van der Waals surface area contributed by atoms with Gasteiger partial charge in [-0.3, -0.25) is 0 Å². The number of rotatable bonds is 10. The predicted octanol–water partition coefficient (Wildman–Crippen LogP) is 7.60. The van der Waals surface area contributed by atoms with E-state index in [9.17, 15) is 0 Å². The van der Waals surface area contributed by atoms with Gasteiger partial charge in [-0.2, -0.15) is 0 Å². The van der Waals surface area contributed by atoms with Crippen molar-refractivity contribution in [3.05, 3.63) is 72.3 Å². The van der Waals surface area contributed by atoms with Crippen LogP contribution in [0.2, 0.25) is 0 Å². The number of unbranched alkanes of at least 4 members (excludes halogenated alkanes) is 1. The molecule has 1 fully saturated rings. The van der Waals surface area contributed by atoms with Crippen LogP contribution in [-0.4, -0.2) is 7.11 Å². The standard InChI is InChI=1S/C27H36O/c1-3-6-22-9-11-23(12-10-22)7-4-5-8-24-13-17-26(18-14-24)27-19-15-25(16-20-27)21-28-2/h3,13-20,22-23H,1,4-12,21H2,2H3. The Morgan fingerprint density at radius 3 is 1.96 bits per heavy atom. The molecule has 0 amide bonds. The van der Waals surface area contributed by atoms with Crippen molar-refractivity contribution >= 4 is 0 Å². The van der Waals surface area contributed by atoms with Gasteiger partial charge >= 0.3 is 0 Å². The summed E-state index contributed by atoms with van der Waals surface area (Å²) in [6, 6.07) is 17.8. The lowest BCUT2D eigenvalue weighted by molar-refractivity contribution is 0.185. The van der Waals surface area contributed by atoms with E-state index in [1.165, 1.54) is 80.0 Å². The number of benzene rings is 2. The summed E-state index contributed by atoms with van der Waals surface area (Å²) in [6.07, 6.45) is 14.4. The van der Waals surface area contributed by atoms with Crippen LogP contribution in [0.1, 0.15) is 62.5 Å². The van der Waals surface area contributed by atoms with Crippen LogP contribution < -0.4 is 0 Å². The third-order valence-corrected chi connectivity index (χ3v) is 6.35. The SMILES string of the molecule is C=CCC1CCC(CCCCc2ccc(-c3ccc(COC)cc3)cc2)CC1. The molecule has 2 aromatic carbocycles. The van der Waals surface area contributed by atoms with Crippen LogP contribution >= 0.6 is 0 Å². The fourth-order valence-electron chi connectivity index (χ4n) is 4.58. The molecule has 0 spiro atoms. The minimum atomic E-state index is 0.676. The summed E-state index contributed by atoms with van der Waals surface area (Å²) < 4.78 is 5.19. The Morgan fingerprint density at radius 2 is 1.39 bits per heavy atom. The van der Waals surface area contributed by atoms with Crippen molar-refractivity contribution in [2.45, 2.75) is 64.4 Å². The van der Waals surface area contributed by atoms with E-state index in [1.54, 1.807) is 7.11 Å². The zero-order valence-electron chi connectivity index (χ0n) is 17.5. The van der Waals surface area contributed by atoms with E-state index in [-0.39, 0.29) is 0 Å². The Bertz CT molecular complexity index is 690. The van der Waals surface area contributed by atoms with Gasteiger partial charge in [0, 0.05) is 7.11 Å². The molecule has 1 nitrogen and oxygen atoms in total. The molecule has 0 saturated heterocycles. The molecule has 0 aromatic heterocycles. The second kappa shape index (κ2) is 11.2. The first-order valence-corrected chi connectivity index (χ1v) is 11.1. The minimum absolute atomic E-state index is 0.676. The zero-order chi connectivity index (χ0) is 19.6. The third kappa shape index (κ3) is 6.34. The van der Waals surface area contributed by atoms with Gasteiger partial charge in [0.2, 0.25) is 0 Å². The van der Waals surface area contributed by atoms with Crippen molar-refractivity contribution in [2.75, 3.05) is 7.11 Å². The molecule has 1 aliphatic carbocycles. The van der Waals surface area contributed by atoms with Gasteiger partial charge in [-0.25, -0.2) is 0 Å². The van der Waals surface area contributed by atoms with Gasteiger partial charge in [0.1, 0.15) is 0 Å². The summed E-state index contributed by atoms with van der Waals surface area (Å²) >= 11 is 0. The summed E-state index contributed by atoms with van der Waals surface area (Å²) in [5.41, 5.74) is 5.26. The second-order valence-electron chi connectivity index (χ2n) is 8.48. The maximum Gasteiger partial charge on any atom is 0.0713 e. The fourth-order valence-corrected chi connectivity index (χ4v) is 4.58. The molecule has 1 saturated carbocycles. The van der Waals surface area contributed by atoms with Gasteiger partial charge < -0.3 is 4.74 Å². The van der Waals surface area contributed by atoms with Crippen LogP contribution in [0.25, 0.3) is 11.1 Å². The Labute approximate surface area is 171 Å². The highest BCUT2D eigenvalue weighted by molar-refractivity contribution is 5.63. The van der Waals surface area contributed by atoms with Crippen LogP contribution in [0.3, 0.4) is 0 Å². The monoisotopic (exact) mass is 376 g/mol. The number of hydrogen-bond donors (Lipinski definition) is 0. The molecule has 0 heterocycles. The molecular weight excluding hydrogens is 340 g/mol. The average Bonchev–Trinajstić information content (AvgIpc) is 2.74. The van der Waals surface area contributed by atoms with E-state index in [1.807, 2.05) is 0 Å². The summed E-state index contributed by atoms with van der Waals surface area (Å²) in [7, 11) is 1.74. The Balaban J connectivity index is 1.38. The average molecular weight is 377 g/mol. The van der Waals surface area contributed by atoms with Crippen molar-refractivity contribution in [1.82, 2.24) is 0 Å². The van der Waals surface area contributed by atoms with Gasteiger partial charge in [-0.05, 0) is 66.2 Å². The maximum atomic E-state index is 5.19. The Kier molecular flexibility index (Phi) is 8.36. The zero-order valence-corrected chi connectivity index (χ0v) is 17.5. The first kappa shape index (κ1) is 20.9. The topological polar surface area (TPSA) is 9.23 Å². The van der Waals surface area contributed by atoms with Gasteiger partial charge in [0.15, 0.2) is 0 Å². The van der Waals surface area contributed by atoms with Gasteiger partial charge in [0.25, 0.3) is 0 Å². The number of hydrogen-bond acceptors (Lipinski definition) is 1. The molecule has 28 heavy (non-hydrogen) atoms. The van der Waals surface area contributed by atoms with Crippen molar-refractivity contribution in [2.24, 2.45) is 11.8 Å². The smallest absolute Gasteiger partial charge is 0.0713 e. The predicted molar refractivity (Wildman–Crippen MR) is 120 cm³/mol. The Hall–Kier alpha value is -1.86. The normalized spacial score (nSPS) is 19.5. The quantitative estimate of drug-likeness (QED) is 0.306. The van der Waals surface area contributed by atoms with E-state index < -0.39 is 0 Å². The van der Waals surface area contributed by atoms with Crippen LogP contribution in [0, 0.1) is 11.8 Å². The highest BCUT2D eigenvalue weighted by atomic mass is 16.5. The third-order valence-electron chi connectivity index (χ3n) is 6.35. The lowest BCUT2D eigenvalue weighted by atomic mass is 9.78. The van der Waals surface area contributed by atoms with Crippen molar-refractivity contribution in [3.8, 4) is 11.1 Å². The van der Waals surface area contributed by atoms with Gasteiger partial charge in [-0.1, -0.05) is 80.3 Å².